The molecule has 5 heteroatoms. The molecule has 1 atom stereocenters. The van der Waals surface area contributed by atoms with Crippen LogP contribution in [0.4, 0.5) is 15.8 Å². The quantitative estimate of drug-likeness (QED) is 0.821. The van der Waals surface area contributed by atoms with Crippen molar-refractivity contribution >= 4 is 28.9 Å². The largest absolute Gasteiger partial charge is 0.363 e. The third-order valence-corrected chi connectivity index (χ3v) is 4.41. The Bertz CT molecular complexity index is 750. The highest BCUT2D eigenvalue weighted by Gasteiger charge is 2.30. The summed E-state index contributed by atoms with van der Waals surface area (Å²) in [6, 6.07) is 12.7. The van der Waals surface area contributed by atoms with Crippen molar-refractivity contribution in [3.8, 4) is 0 Å². The second-order valence-electron chi connectivity index (χ2n) is 5.86. The summed E-state index contributed by atoms with van der Waals surface area (Å²) in [5.74, 6) is -0.380. The van der Waals surface area contributed by atoms with Gasteiger partial charge >= 0.3 is 0 Å². The summed E-state index contributed by atoms with van der Waals surface area (Å²) in [7, 11) is 0. The van der Waals surface area contributed by atoms with Crippen LogP contribution in [0.5, 0.6) is 0 Å². The van der Waals surface area contributed by atoms with Crippen LogP contribution >= 0.6 is 11.6 Å². The van der Waals surface area contributed by atoms with Crippen LogP contribution in [0.1, 0.15) is 19.4 Å². The van der Waals surface area contributed by atoms with E-state index in [1.165, 1.54) is 6.07 Å². The van der Waals surface area contributed by atoms with Crippen molar-refractivity contribution in [3.63, 3.8) is 0 Å². The molecule has 1 heterocycles. The minimum Gasteiger partial charge on any atom is -0.363 e. The lowest BCUT2D eigenvalue weighted by Gasteiger charge is -2.41. The number of hydrogen-bond donors (Lipinski definition) is 0. The van der Waals surface area contributed by atoms with Gasteiger partial charge in [0.25, 0.3) is 0 Å². The van der Waals surface area contributed by atoms with Crippen molar-refractivity contribution in [2.75, 3.05) is 16.3 Å². The second-order valence-corrected chi connectivity index (χ2v) is 6.26. The van der Waals surface area contributed by atoms with Crippen LogP contribution in [0.15, 0.2) is 42.5 Å². The number of hydrogen-bond acceptors (Lipinski definition) is 2. The Morgan fingerprint density at radius 2 is 1.96 bits per heavy atom. The van der Waals surface area contributed by atoms with Crippen LogP contribution < -0.4 is 9.80 Å². The topological polar surface area (TPSA) is 23.6 Å². The third kappa shape index (κ3) is 3.04. The number of anilines is 2. The number of amides is 1. The third-order valence-electron chi connectivity index (χ3n) is 4.10. The van der Waals surface area contributed by atoms with Gasteiger partial charge in [-0.2, -0.15) is 0 Å². The average Bonchev–Trinajstić information content (AvgIpc) is 2.50. The highest BCUT2D eigenvalue weighted by molar-refractivity contribution is 6.30. The summed E-state index contributed by atoms with van der Waals surface area (Å²) >= 11 is 5.75. The number of para-hydroxylation sites is 2. The first-order chi connectivity index (χ1) is 11.0. The molecular weight excluding hydrogens is 315 g/mol. The molecule has 0 radical (unpaired) electrons. The lowest BCUT2D eigenvalue weighted by atomic mass is 10.1. The first-order valence-corrected chi connectivity index (χ1v) is 7.93. The predicted octanol–water partition coefficient (Wildman–Crippen LogP) is 4.24. The maximum Gasteiger partial charge on any atom is 0.224 e. The van der Waals surface area contributed by atoms with E-state index in [2.05, 4.69) is 4.90 Å². The maximum atomic E-state index is 13.7. The van der Waals surface area contributed by atoms with Crippen LogP contribution in [0, 0.1) is 5.82 Å². The highest BCUT2D eigenvalue weighted by Crippen LogP contribution is 2.36. The first kappa shape index (κ1) is 15.8. The molecule has 3 rings (SSSR count). The zero-order valence-corrected chi connectivity index (χ0v) is 13.8. The Labute approximate surface area is 140 Å². The minimum absolute atomic E-state index is 0.0298. The van der Waals surface area contributed by atoms with Crippen molar-refractivity contribution in [2.45, 2.75) is 26.4 Å². The van der Waals surface area contributed by atoms with Gasteiger partial charge in [0.2, 0.25) is 5.91 Å². The standard InChI is InChI=1S/C18H18ClFN2O/c1-12-10-21(11-14-7-8-15(19)16(20)9-14)17-5-3-4-6-18(17)22(12)13(2)23/h3-9,12H,10-11H2,1-2H3/t12-/m0/s1. The monoisotopic (exact) mass is 332 g/mol. The van der Waals surface area contributed by atoms with E-state index in [9.17, 15) is 9.18 Å². The van der Waals surface area contributed by atoms with Gasteiger partial charge in [-0.1, -0.05) is 29.8 Å². The molecule has 1 aliphatic heterocycles. The van der Waals surface area contributed by atoms with Crippen LogP contribution in [0.2, 0.25) is 5.02 Å². The Hall–Kier alpha value is -2.07. The molecular formula is C18H18ClFN2O. The molecule has 0 spiro atoms. The number of rotatable bonds is 2. The normalized spacial score (nSPS) is 17.1. The highest BCUT2D eigenvalue weighted by atomic mass is 35.5. The molecule has 1 aliphatic rings. The summed E-state index contributed by atoms with van der Waals surface area (Å²) in [4.78, 5) is 15.9. The number of nitrogens with zero attached hydrogens (tertiary/aromatic N) is 2. The van der Waals surface area contributed by atoms with Gasteiger partial charge < -0.3 is 9.80 Å². The van der Waals surface area contributed by atoms with Gasteiger partial charge in [-0.15, -0.1) is 0 Å². The van der Waals surface area contributed by atoms with Gasteiger partial charge in [0.1, 0.15) is 5.82 Å². The van der Waals surface area contributed by atoms with Gasteiger partial charge in [-0.05, 0) is 36.8 Å². The zero-order chi connectivity index (χ0) is 16.6. The predicted molar refractivity (Wildman–Crippen MR) is 91.5 cm³/mol. The van der Waals surface area contributed by atoms with E-state index in [1.807, 2.05) is 42.2 Å². The molecule has 3 nitrogen and oxygen atoms in total. The molecule has 0 aliphatic carbocycles. The molecule has 0 saturated heterocycles. The van der Waals surface area contributed by atoms with E-state index >= 15 is 0 Å². The van der Waals surface area contributed by atoms with Crippen LogP contribution in [0.25, 0.3) is 0 Å². The van der Waals surface area contributed by atoms with E-state index in [1.54, 1.807) is 13.0 Å². The lowest BCUT2D eigenvalue weighted by molar-refractivity contribution is -0.117. The molecule has 0 saturated carbocycles. The molecule has 1 amide bonds. The Morgan fingerprint density at radius 1 is 1.26 bits per heavy atom. The molecule has 0 fully saturated rings. The molecule has 120 valence electrons. The van der Waals surface area contributed by atoms with Gasteiger partial charge in [-0.3, -0.25) is 4.79 Å². The van der Waals surface area contributed by atoms with E-state index in [0.29, 0.717) is 13.1 Å². The molecule has 0 bridgehead atoms. The lowest BCUT2D eigenvalue weighted by Crippen LogP contribution is -2.49. The maximum absolute atomic E-state index is 13.7. The smallest absolute Gasteiger partial charge is 0.224 e. The summed E-state index contributed by atoms with van der Waals surface area (Å²) in [6.45, 7) is 4.87. The first-order valence-electron chi connectivity index (χ1n) is 7.55. The van der Waals surface area contributed by atoms with Gasteiger partial charge in [0, 0.05) is 20.0 Å². The molecule has 0 N–H and O–H groups in total. The van der Waals surface area contributed by atoms with Gasteiger partial charge in [-0.25, -0.2) is 4.39 Å². The van der Waals surface area contributed by atoms with Crippen molar-refractivity contribution in [3.05, 3.63) is 58.9 Å². The molecule has 0 unspecified atom stereocenters. The summed E-state index contributed by atoms with van der Waals surface area (Å²) in [5, 5.41) is 0.129. The molecule has 23 heavy (non-hydrogen) atoms. The fourth-order valence-electron chi connectivity index (χ4n) is 3.16. The molecule has 0 aromatic heterocycles. The SMILES string of the molecule is CC(=O)N1c2ccccc2N(Cc2ccc(Cl)c(F)c2)C[C@@H]1C. The minimum atomic E-state index is -0.409. The Kier molecular flexibility index (Phi) is 4.26. The summed E-state index contributed by atoms with van der Waals surface area (Å²) in [5.41, 5.74) is 2.73. The van der Waals surface area contributed by atoms with Gasteiger partial charge in [0.15, 0.2) is 0 Å². The van der Waals surface area contributed by atoms with Crippen LogP contribution in [-0.4, -0.2) is 18.5 Å². The van der Waals surface area contributed by atoms with Crippen LogP contribution in [-0.2, 0) is 11.3 Å². The zero-order valence-electron chi connectivity index (χ0n) is 13.1. The molecule has 2 aromatic carbocycles. The number of halogens is 2. The van der Waals surface area contributed by atoms with E-state index in [0.717, 1.165) is 16.9 Å². The average molecular weight is 333 g/mol. The summed E-state index contributed by atoms with van der Waals surface area (Å²) < 4.78 is 13.7. The van der Waals surface area contributed by atoms with Crippen molar-refractivity contribution in [2.24, 2.45) is 0 Å². The Balaban J connectivity index is 1.95. The number of carbonyl (C=O) groups excluding carboxylic acids is 1. The number of fused-ring (bicyclic) bond motifs is 1. The van der Waals surface area contributed by atoms with Crippen molar-refractivity contribution < 1.29 is 9.18 Å². The number of benzene rings is 2. The van der Waals surface area contributed by atoms with Gasteiger partial charge in [0.05, 0.1) is 22.4 Å². The number of carbonyl (C=O) groups is 1. The fourth-order valence-corrected chi connectivity index (χ4v) is 3.28. The fraction of sp³-hybridized carbons (Fsp3) is 0.278. The Morgan fingerprint density at radius 3 is 2.61 bits per heavy atom. The van der Waals surface area contributed by atoms with E-state index < -0.39 is 5.82 Å². The molecule has 2 aromatic rings. The van der Waals surface area contributed by atoms with Crippen molar-refractivity contribution in [1.82, 2.24) is 0 Å². The summed E-state index contributed by atoms with van der Waals surface area (Å²) in [6.07, 6.45) is 0. The van der Waals surface area contributed by atoms with E-state index in [4.69, 9.17) is 11.6 Å². The van der Waals surface area contributed by atoms with Crippen molar-refractivity contribution in [1.29, 1.82) is 0 Å². The van der Waals surface area contributed by atoms with E-state index in [-0.39, 0.29) is 17.0 Å². The van der Waals surface area contributed by atoms with Crippen LogP contribution in [0.3, 0.4) is 0 Å². The second kappa shape index (κ2) is 6.20.